The zero-order valence-corrected chi connectivity index (χ0v) is 16.7. The van der Waals surface area contributed by atoms with Crippen LogP contribution in [0.1, 0.15) is 12.5 Å². The van der Waals surface area contributed by atoms with Gasteiger partial charge in [0, 0.05) is 12.6 Å². The molecular weight excluding hydrogens is 415 g/mol. The van der Waals surface area contributed by atoms with Crippen molar-refractivity contribution in [1.82, 2.24) is 4.72 Å². The highest BCUT2D eigenvalue weighted by atomic mass is 32.2. The molecule has 0 spiro atoms. The minimum atomic E-state index is -4.93. The molecule has 0 unspecified atom stereocenters. The Labute approximate surface area is 166 Å². The molecule has 0 saturated heterocycles. The van der Waals surface area contributed by atoms with Gasteiger partial charge >= 0.3 is 6.36 Å². The van der Waals surface area contributed by atoms with E-state index in [1.807, 2.05) is 0 Å². The van der Waals surface area contributed by atoms with Crippen molar-refractivity contribution in [2.75, 3.05) is 20.8 Å². The maximum absolute atomic E-state index is 12.5. The Bertz CT molecular complexity index is 922. The molecule has 0 fully saturated rings. The molecule has 0 aliphatic heterocycles. The van der Waals surface area contributed by atoms with E-state index in [-0.39, 0.29) is 11.4 Å². The van der Waals surface area contributed by atoms with Crippen LogP contribution in [0.3, 0.4) is 0 Å². The fraction of sp³-hybridized carbons (Fsp3) is 0.333. The summed E-state index contributed by atoms with van der Waals surface area (Å²) in [6.07, 6.45) is -4.93. The molecule has 2 aromatic rings. The average Bonchev–Trinajstić information content (AvgIpc) is 2.66. The van der Waals surface area contributed by atoms with Gasteiger partial charge in [0.15, 0.2) is 11.5 Å². The second-order valence-electron chi connectivity index (χ2n) is 5.61. The number of halogens is 3. The van der Waals surface area contributed by atoms with E-state index >= 15 is 0 Å². The Morgan fingerprint density at radius 3 is 2.17 bits per heavy atom. The van der Waals surface area contributed by atoms with Crippen molar-refractivity contribution in [2.24, 2.45) is 0 Å². The molecule has 0 radical (unpaired) electrons. The number of hydrogen-bond acceptors (Lipinski definition) is 6. The van der Waals surface area contributed by atoms with Crippen molar-refractivity contribution in [2.45, 2.75) is 24.7 Å². The lowest BCUT2D eigenvalue weighted by atomic mass is 10.2. The van der Waals surface area contributed by atoms with Gasteiger partial charge in [0.2, 0.25) is 15.8 Å². The number of ether oxygens (including phenoxy) is 4. The van der Waals surface area contributed by atoms with Crippen LogP contribution in [0.15, 0.2) is 41.3 Å². The monoisotopic (exact) mass is 435 g/mol. The van der Waals surface area contributed by atoms with Gasteiger partial charge in [0.1, 0.15) is 5.75 Å². The third-order valence-corrected chi connectivity index (χ3v) is 5.02. The normalized spacial score (nSPS) is 11.8. The molecule has 0 saturated carbocycles. The predicted molar refractivity (Wildman–Crippen MR) is 97.9 cm³/mol. The van der Waals surface area contributed by atoms with Crippen LogP contribution in [-0.4, -0.2) is 35.6 Å². The summed E-state index contributed by atoms with van der Waals surface area (Å²) in [6, 6.07) is 7.24. The second kappa shape index (κ2) is 9.23. The van der Waals surface area contributed by atoms with Crippen LogP contribution >= 0.6 is 0 Å². The quantitative estimate of drug-likeness (QED) is 0.650. The van der Waals surface area contributed by atoms with Crippen molar-refractivity contribution in [3.8, 4) is 23.0 Å². The van der Waals surface area contributed by atoms with Crippen LogP contribution in [0.4, 0.5) is 13.2 Å². The van der Waals surface area contributed by atoms with Crippen molar-refractivity contribution in [3.63, 3.8) is 0 Å². The Hall–Kier alpha value is -2.66. The van der Waals surface area contributed by atoms with Gasteiger partial charge in [-0.1, -0.05) is 6.07 Å². The van der Waals surface area contributed by atoms with Gasteiger partial charge in [-0.15, -0.1) is 13.2 Å². The molecule has 11 heteroatoms. The fourth-order valence-electron chi connectivity index (χ4n) is 2.42. The van der Waals surface area contributed by atoms with Crippen molar-refractivity contribution in [1.29, 1.82) is 0 Å². The summed E-state index contributed by atoms with van der Waals surface area (Å²) in [5, 5.41) is 0. The van der Waals surface area contributed by atoms with Gasteiger partial charge < -0.3 is 18.9 Å². The zero-order chi connectivity index (χ0) is 21.7. The first-order valence-electron chi connectivity index (χ1n) is 8.32. The van der Waals surface area contributed by atoms with Gasteiger partial charge in [-0.2, -0.15) is 0 Å². The molecule has 0 bridgehead atoms. The molecule has 2 aromatic carbocycles. The molecule has 29 heavy (non-hydrogen) atoms. The highest BCUT2D eigenvalue weighted by Gasteiger charge is 2.31. The van der Waals surface area contributed by atoms with E-state index in [1.54, 1.807) is 19.1 Å². The highest BCUT2D eigenvalue weighted by molar-refractivity contribution is 7.89. The first-order chi connectivity index (χ1) is 13.6. The van der Waals surface area contributed by atoms with Crippen LogP contribution in [-0.2, 0) is 16.6 Å². The van der Waals surface area contributed by atoms with Crippen LogP contribution in [0.2, 0.25) is 0 Å². The topological polar surface area (TPSA) is 83.1 Å². The van der Waals surface area contributed by atoms with E-state index in [0.29, 0.717) is 29.4 Å². The average molecular weight is 435 g/mol. The predicted octanol–water partition coefficient (Wildman–Crippen LogP) is 3.48. The summed E-state index contributed by atoms with van der Waals surface area (Å²) in [6.45, 7) is 2.00. The molecular formula is C18H20F3NO6S. The molecule has 7 nitrogen and oxygen atoms in total. The molecule has 0 aliphatic carbocycles. The molecule has 160 valence electrons. The van der Waals surface area contributed by atoms with E-state index in [2.05, 4.69) is 9.46 Å². The number of nitrogens with one attached hydrogen (secondary N) is 1. The summed E-state index contributed by atoms with van der Waals surface area (Å²) >= 11 is 0. The van der Waals surface area contributed by atoms with E-state index in [1.165, 1.54) is 14.2 Å². The summed E-state index contributed by atoms with van der Waals surface area (Å²) in [4.78, 5) is -0.371. The van der Waals surface area contributed by atoms with Crippen LogP contribution in [0.25, 0.3) is 0 Å². The number of rotatable bonds is 9. The zero-order valence-electron chi connectivity index (χ0n) is 15.9. The largest absolute Gasteiger partial charge is 0.573 e. The Morgan fingerprint density at radius 1 is 1.03 bits per heavy atom. The van der Waals surface area contributed by atoms with Gasteiger partial charge in [0.05, 0.1) is 25.7 Å². The lowest BCUT2D eigenvalue weighted by Crippen LogP contribution is -2.23. The van der Waals surface area contributed by atoms with E-state index in [4.69, 9.17) is 14.2 Å². The lowest BCUT2D eigenvalue weighted by molar-refractivity contribution is -0.274. The lowest BCUT2D eigenvalue weighted by Gasteiger charge is -2.16. The van der Waals surface area contributed by atoms with E-state index < -0.39 is 22.1 Å². The number of alkyl halides is 3. The highest BCUT2D eigenvalue weighted by Crippen LogP contribution is 2.38. The summed E-state index contributed by atoms with van der Waals surface area (Å²) in [7, 11) is -1.25. The van der Waals surface area contributed by atoms with Crippen molar-refractivity contribution in [3.05, 3.63) is 42.0 Å². The second-order valence-corrected chi connectivity index (χ2v) is 7.38. The molecule has 0 amide bonds. The first kappa shape index (κ1) is 22.6. The van der Waals surface area contributed by atoms with Gasteiger partial charge in [-0.3, -0.25) is 0 Å². The first-order valence-corrected chi connectivity index (χ1v) is 9.81. The third kappa shape index (κ3) is 6.16. The van der Waals surface area contributed by atoms with Crippen LogP contribution in [0.5, 0.6) is 23.0 Å². The van der Waals surface area contributed by atoms with Gasteiger partial charge in [0.25, 0.3) is 0 Å². The number of benzene rings is 2. The molecule has 0 heterocycles. The SMILES string of the molecule is CCOc1c(OC)cc(CNS(=O)(=O)c2cccc(OC(F)(F)F)c2)cc1OC. The Balaban J connectivity index is 2.23. The smallest absolute Gasteiger partial charge is 0.493 e. The third-order valence-electron chi connectivity index (χ3n) is 3.62. The van der Waals surface area contributed by atoms with Gasteiger partial charge in [-0.25, -0.2) is 13.1 Å². The number of hydrogen-bond donors (Lipinski definition) is 1. The maximum atomic E-state index is 12.5. The standard InChI is InChI=1S/C18H20F3NO6S/c1-4-27-17-15(25-2)8-12(9-16(17)26-3)11-22-29(23,24)14-7-5-6-13(10-14)28-18(19,20)21/h5-10,22H,4,11H2,1-3H3. The molecule has 0 atom stereocenters. The molecule has 0 aliphatic rings. The van der Waals surface area contributed by atoms with Crippen molar-refractivity contribution < 1.29 is 40.5 Å². The summed E-state index contributed by atoms with van der Waals surface area (Å²) in [5.41, 5.74) is 0.494. The summed E-state index contributed by atoms with van der Waals surface area (Å²) < 4.78 is 84.0. The molecule has 2 rings (SSSR count). The summed E-state index contributed by atoms with van der Waals surface area (Å²) in [5.74, 6) is 0.438. The minimum absolute atomic E-state index is 0.161. The minimum Gasteiger partial charge on any atom is -0.493 e. The van der Waals surface area contributed by atoms with Gasteiger partial charge in [-0.05, 0) is 36.8 Å². The Morgan fingerprint density at radius 2 is 1.66 bits per heavy atom. The molecule has 1 N–H and O–H groups in total. The number of sulfonamides is 1. The van der Waals surface area contributed by atoms with E-state index in [0.717, 1.165) is 24.3 Å². The van der Waals surface area contributed by atoms with Crippen molar-refractivity contribution >= 4 is 10.0 Å². The number of methoxy groups -OCH3 is 2. The van der Waals surface area contributed by atoms with Crippen LogP contribution in [0, 0.1) is 0 Å². The molecule has 0 aromatic heterocycles. The maximum Gasteiger partial charge on any atom is 0.573 e. The Kier molecular flexibility index (Phi) is 7.20. The fourth-order valence-corrected chi connectivity index (χ4v) is 3.48. The van der Waals surface area contributed by atoms with E-state index in [9.17, 15) is 21.6 Å². The van der Waals surface area contributed by atoms with Crippen LogP contribution < -0.4 is 23.7 Å².